The van der Waals surface area contributed by atoms with Gasteiger partial charge >= 0.3 is 25.7 Å². The lowest BCUT2D eigenvalue weighted by Crippen LogP contribution is -2.49. The number of ketones is 2. The second-order valence-electron chi connectivity index (χ2n) is 20.9. The van der Waals surface area contributed by atoms with Gasteiger partial charge in [-0.3, -0.25) is 47.4 Å². The first-order valence-electron chi connectivity index (χ1n) is 27.4. The minimum Gasteiger partial charge on any atom is -0.480 e. The molecule has 1 unspecified atom stereocenters. The van der Waals surface area contributed by atoms with Crippen molar-refractivity contribution in [1.82, 2.24) is 20.9 Å². The maximum atomic E-state index is 13.4. The van der Waals surface area contributed by atoms with E-state index in [0.717, 1.165) is 19.3 Å². The summed E-state index contributed by atoms with van der Waals surface area (Å²) >= 11 is 0. The zero-order valence-electron chi connectivity index (χ0n) is 46.9. The highest BCUT2D eigenvalue weighted by atomic mass is 31.2. The number of carboxylic acids is 1. The molecule has 0 rings (SSSR count). The molecule has 0 aromatic rings. The molecule has 0 saturated carbocycles. The molecule has 0 radical (unpaired) electrons. The number of nitrogens with two attached hydrogens (primary N) is 1. The highest BCUT2D eigenvalue weighted by Crippen LogP contribution is 2.43. The third kappa shape index (κ3) is 40.3. The Morgan fingerprint density at radius 3 is 1.78 bits per heavy atom. The number of unbranched alkanes of at least 4 members (excludes halogenated alkanes) is 14. The van der Waals surface area contributed by atoms with Crippen molar-refractivity contribution in [2.75, 3.05) is 80.7 Å². The molecule has 0 aliphatic rings. The molecular formula is C52H98N6O17P+. The van der Waals surface area contributed by atoms with E-state index in [0.29, 0.717) is 56.2 Å². The number of likely N-dealkylation sites (N-methyl/N-ethyl adjacent to an activating group) is 1. The van der Waals surface area contributed by atoms with Gasteiger partial charge in [-0.1, -0.05) is 84.0 Å². The van der Waals surface area contributed by atoms with E-state index < -0.39 is 117 Å². The summed E-state index contributed by atoms with van der Waals surface area (Å²) in [5.74, 6) is -7.11. The highest BCUT2D eigenvalue weighted by molar-refractivity contribution is 7.47. The SMILES string of the molecule is CCCCCCCCCCCCCCCC(=O)OC[C@H](COP(=O)(O)OCC[N+](C)(C)C)OC(=O)CCCCN(C)CCCC[C@H](NC(=O)[C@@H](CC(=O)CNC(=O)[C@@H](N)[C@@H](C)O)[C@@H](C)O)C(=O)CCC(=O)NCC(=O)O. The summed E-state index contributed by atoms with van der Waals surface area (Å²) in [5, 5.41) is 35.9. The molecular weight excluding hydrogens is 1010 g/mol. The Hall–Kier alpha value is -3.93. The molecule has 0 heterocycles. The Labute approximate surface area is 452 Å². The molecule has 442 valence electrons. The predicted molar refractivity (Wildman–Crippen MR) is 285 cm³/mol. The van der Waals surface area contributed by atoms with Crippen LogP contribution in [0.25, 0.3) is 0 Å². The van der Waals surface area contributed by atoms with Gasteiger partial charge in [-0.2, -0.15) is 0 Å². The number of carbonyl (C=O) groups is 8. The number of hydrogen-bond donors (Lipinski definition) is 8. The summed E-state index contributed by atoms with van der Waals surface area (Å²) in [6, 6.07) is -2.41. The fraction of sp³-hybridized carbons (Fsp3) is 0.846. The fourth-order valence-corrected chi connectivity index (χ4v) is 8.37. The van der Waals surface area contributed by atoms with E-state index in [4.69, 9.17) is 29.4 Å². The van der Waals surface area contributed by atoms with Crippen LogP contribution >= 0.6 is 7.82 Å². The first-order valence-corrected chi connectivity index (χ1v) is 28.9. The molecule has 0 aliphatic carbocycles. The monoisotopic (exact) mass is 1110 g/mol. The van der Waals surface area contributed by atoms with Crippen LogP contribution in [0.2, 0.25) is 0 Å². The van der Waals surface area contributed by atoms with E-state index in [2.05, 4.69) is 22.9 Å². The molecule has 7 atom stereocenters. The van der Waals surface area contributed by atoms with Crippen molar-refractivity contribution in [2.24, 2.45) is 11.7 Å². The van der Waals surface area contributed by atoms with Gasteiger partial charge in [0, 0.05) is 32.1 Å². The number of phosphoric ester groups is 1. The van der Waals surface area contributed by atoms with Crippen molar-refractivity contribution in [2.45, 2.75) is 199 Å². The zero-order chi connectivity index (χ0) is 57.5. The van der Waals surface area contributed by atoms with Crippen LogP contribution in [0.15, 0.2) is 0 Å². The summed E-state index contributed by atoms with van der Waals surface area (Å²) in [6.45, 7) is 4.22. The minimum atomic E-state index is -4.52. The van der Waals surface area contributed by atoms with Gasteiger partial charge in [0.1, 0.15) is 32.3 Å². The maximum absolute atomic E-state index is 13.4. The number of hydrogen-bond acceptors (Lipinski definition) is 17. The topological polar surface area (TPSA) is 337 Å². The molecule has 0 aromatic heterocycles. The number of amides is 3. The lowest BCUT2D eigenvalue weighted by molar-refractivity contribution is -0.870. The van der Waals surface area contributed by atoms with Gasteiger partial charge in [-0.25, -0.2) is 4.57 Å². The number of phosphoric acid groups is 1. The van der Waals surface area contributed by atoms with Gasteiger partial charge in [-0.15, -0.1) is 0 Å². The number of nitrogens with zero attached hydrogens (tertiary/aromatic N) is 2. The Morgan fingerprint density at radius 1 is 0.671 bits per heavy atom. The van der Waals surface area contributed by atoms with E-state index in [1.807, 2.05) is 33.1 Å². The molecule has 76 heavy (non-hydrogen) atoms. The van der Waals surface area contributed by atoms with Crippen molar-refractivity contribution in [1.29, 1.82) is 0 Å². The molecule has 24 heteroatoms. The molecule has 0 saturated heterocycles. The van der Waals surface area contributed by atoms with Gasteiger partial charge < -0.3 is 60.8 Å². The minimum absolute atomic E-state index is 0.00328. The highest BCUT2D eigenvalue weighted by Gasteiger charge is 2.31. The normalized spacial score (nSPS) is 14.8. The molecule has 0 aliphatic heterocycles. The van der Waals surface area contributed by atoms with Crippen LogP contribution < -0.4 is 21.7 Å². The van der Waals surface area contributed by atoms with E-state index >= 15 is 0 Å². The summed E-state index contributed by atoms with van der Waals surface area (Å²) < 4.78 is 34.3. The summed E-state index contributed by atoms with van der Waals surface area (Å²) in [7, 11) is 3.02. The average molecular weight is 1110 g/mol. The number of ether oxygens (including phenoxy) is 2. The number of quaternary nitrogens is 1. The van der Waals surface area contributed by atoms with Crippen LogP contribution in [-0.2, 0) is 61.4 Å². The third-order valence-corrected chi connectivity index (χ3v) is 13.5. The summed E-state index contributed by atoms with van der Waals surface area (Å²) in [5.41, 5.74) is 5.59. The smallest absolute Gasteiger partial charge is 0.472 e. The molecule has 3 amide bonds. The van der Waals surface area contributed by atoms with Crippen molar-refractivity contribution >= 4 is 55.0 Å². The van der Waals surface area contributed by atoms with Crippen LogP contribution in [0.3, 0.4) is 0 Å². The van der Waals surface area contributed by atoms with Crippen LogP contribution in [0.4, 0.5) is 0 Å². The number of Topliss-reactive ketones (excluding diaryl/α,β-unsaturated/α-hetero) is 2. The lowest BCUT2D eigenvalue weighted by Gasteiger charge is -2.24. The maximum Gasteiger partial charge on any atom is 0.472 e. The lowest BCUT2D eigenvalue weighted by atomic mass is 9.94. The quantitative estimate of drug-likeness (QED) is 0.0186. The number of carbonyl (C=O) groups excluding carboxylic acids is 7. The van der Waals surface area contributed by atoms with Gasteiger partial charge in [-0.05, 0) is 72.5 Å². The van der Waals surface area contributed by atoms with Gasteiger partial charge in [0.05, 0.1) is 58.5 Å². The van der Waals surface area contributed by atoms with Gasteiger partial charge in [0.2, 0.25) is 17.7 Å². The van der Waals surface area contributed by atoms with E-state index in [1.54, 1.807) is 0 Å². The Kier molecular flexibility index (Phi) is 39.9. The molecule has 9 N–H and O–H groups in total. The van der Waals surface area contributed by atoms with Gasteiger partial charge in [0.25, 0.3) is 0 Å². The molecule has 0 aromatic carbocycles. The summed E-state index contributed by atoms with van der Waals surface area (Å²) in [4.78, 5) is 113. The Bertz CT molecular complexity index is 1750. The zero-order valence-corrected chi connectivity index (χ0v) is 47.8. The number of esters is 2. The number of carboxylic acid groups (broad SMARTS) is 1. The van der Waals surface area contributed by atoms with E-state index in [9.17, 15) is 58.0 Å². The van der Waals surface area contributed by atoms with Crippen LogP contribution in [0, 0.1) is 5.92 Å². The standard InChI is InChI=1S/C52H97N6O17P/c1-8-9-10-11-12-13-14-15-16-17-18-19-20-26-48(66)72-37-42(38-74-76(70,71)73-33-32-58(5,6)7)75-49(67)27-22-24-31-57(4)30-23-21-25-44(45(62)28-29-46(63)54-36-47(64)65)56-51(68)43(39(2)59)34-41(61)35-55-52(69)50(53)40(3)60/h39-40,42-44,50,59-60H,8-38,53H2,1-7H3,(H4-,54,55,56,63,64,65,68,69,70,71)/p+1/t39-,40-,42-,43+,44+,50+/m1/s1. The largest absolute Gasteiger partial charge is 0.480 e. The average Bonchev–Trinajstić information content (AvgIpc) is 3.34. The van der Waals surface area contributed by atoms with Crippen molar-refractivity contribution in [3.63, 3.8) is 0 Å². The number of rotatable bonds is 49. The van der Waals surface area contributed by atoms with Crippen LogP contribution in [-0.4, -0.2) is 188 Å². The number of aliphatic hydroxyl groups is 2. The van der Waals surface area contributed by atoms with Crippen LogP contribution in [0.1, 0.15) is 168 Å². The van der Waals surface area contributed by atoms with Gasteiger partial charge in [0.15, 0.2) is 17.7 Å². The third-order valence-electron chi connectivity index (χ3n) is 12.5. The predicted octanol–water partition coefficient (Wildman–Crippen LogP) is 3.85. The van der Waals surface area contributed by atoms with E-state index in [-0.39, 0.29) is 45.3 Å². The molecule has 0 spiro atoms. The first kappa shape index (κ1) is 72.1. The van der Waals surface area contributed by atoms with Crippen molar-refractivity contribution in [3.05, 3.63) is 0 Å². The fourth-order valence-electron chi connectivity index (χ4n) is 7.63. The summed E-state index contributed by atoms with van der Waals surface area (Å²) in [6.07, 6.45) is 12.5. The Morgan fingerprint density at radius 2 is 1.22 bits per heavy atom. The Balaban J connectivity index is 5.27. The van der Waals surface area contributed by atoms with Crippen molar-refractivity contribution < 1.29 is 86.1 Å². The first-order chi connectivity index (χ1) is 35.8. The van der Waals surface area contributed by atoms with E-state index in [1.165, 1.54) is 71.6 Å². The second kappa shape index (κ2) is 42.1. The van der Waals surface area contributed by atoms with Crippen LogP contribution in [0.5, 0.6) is 0 Å². The van der Waals surface area contributed by atoms with Crippen molar-refractivity contribution in [3.8, 4) is 0 Å². The number of aliphatic carboxylic acids is 1. The number of aliphatic hydroxyl groups excluding tert-OH is 2. The molecule has 23 nitrogen and oxygen atoms in total. The molecule has 0 bridgehead atoms. The number of nitrogens with one attached hydrogen (secondary N) is 3. The second-order valence-corrected chi connectivity index (χ2v) is 22.4. The molecule has 0 fully saturated rings.